The van der Waals surface area contributed by atoms with Gasteiger partial charge in [0, 0.05) is 34.2 Å². The van der Waals surface area contributed by atoms with Crippen molar-refractivity contribution < 1.29 is 60.9 Å². The Hall–Kier alpha value is -1.62. The Kier molecular flexibility index (Phi) is 6.17. The van der Waals surface area contributed by atoms with Gasteiger partial charge in [-0.05, 0) is 18.2 Å². The number of halogens is 2. The number of fused-ring (bicyclic) bond motifs is 1. The molecule has 0 radical (unpaired) electrons. The fraction of sp³-hybridized carbons (Fsp3) is 0.312. The Labute approximate surface area is 183 Å². The SMILES string of the molecule is [2H]C([2H])([2H])Oc1ccnc(CS(=O)[C@H]2[N-]c3cc(OC(F)F)ccc3N2)c1OC.[Na+]. The first-order valence-corrected chi connectivity index (χ1v) is 8.69. The maximum Gasteiger partial charge on any atom is 1.00 e. The molecule has 1 unspecified atom stereocenters. The summed E-state index contributed by atoms with van der Waals surface area (Å²) in [7, 11) is -3.01. The Morgan fingerprint density at radius 3 is 2.93 bits per heavy atom. The largest absolute Gasteiger partial charge is 1.00 e. The zero-order chi connectivity index (χ0) is 21.2. The van der Waals surface area contributed by atoms with Crippen LogP contribution in [0.2, 0.25) is 0 Å². The molecule has 7 nitrogen and oxygen atoms in total. The number of methoxy groups -OCH3 is 2. The van der Waals surface area contributed by atoms with Crippen LogP contribution < -0.4 is 49.1 Å². The summed E-state index contributed by atoms with van der Waals surface area (Å²) in [4.78, 5) is 4.09. The van der Waals surface area contributed by atoms with Crippen molar-refractivity contribution in [1.82, 2.24) is 4.98 Å². The van der Waals surface area contributed by atoms with Gasteiger partial charge in [0.25, 0.3) is 0 Å². The number of hydrogen-bond donors (Lipinski definition) is 1. The minimum Gasteiger partial charge on any atom is -0.653 e. The summed E-state index contributed by atoms with van der Waals surface area (Å²) in [5.74, 6) is -0.173. The van der Waals surface area contributed by atoms with Crippen LogP contribution in [0, 0.1) is 0 Å². The van der Waals surface area contributed by atoms with Gasteiger partial charge in [0.15, 0.2) is 11.5 Å². The second-order valence-electron chi connectivity index (χ2n) is 5.10. The summed E-state index contributed by atoms with van der Waals surface area (Å²) in [5, 5.41) is 7.15. The molecule has 0 fully saturated rings. The third-order valence-corrected chi connectivity index (χ3v) is 4.79. The van der Waals surface area contributed by atoms with Gasteiger partial charge in [-0.2, -0.15) is 8.78 Å². The summed E-state index contributed by atoms with van der Waals surface area (Å²) in [6.45, 7) is -2.96. The Morgan fingerprint density at radius 1 is 1.41 bits per heavy atom. The smallest absolute Gasteiger partial charge is 0.653 e. The van der Waals surface area contributed by atoms with E-state index in [-0.39, 0.29) is 58.3 Å². The maximum atomic E-state index is 12.8. The van der Waals surface area contributed by atoms with E-state index in [9.17, 15) is 13.0 Å². The van der Waals surface area contributed by atoms with Crippen LogP contribution in [0.3, 0.4) is 0 Å². The second kappa shape index (κ2) is 9.54. The number of hydrogen-bond acceptors (Lipinski definition) is 6. The van der Waals surface area contributed by atoms with Crippen molar-refractivity contribution in [2.24, 2.45) is 0 Å². The molecule has 0 amide bonds. The molecule has 27 heavy (non-hydrogen) atoms. The molecule has 2 atom stereocenters. The monoisotopic (exact) mass is 410 g/mol. The first kappa shape index (κ1) is 17.5. The molecule has 2 heterocycles. The van der Waals surface area contributed by atoms with Crippen LogP contribution in [-0.4, -0.2) is 35.4 Å². The first-order valence-electron chi connectivity index (χ1n) is 8.80. The van der Waals surface area contributed by atoms with E-state index in [1.54, 1.807) is 0 Å². The van der Waals surface area contributed by atoms with Crippen molar-refractivity contribution in [2.45, 2.75) is 17.9 Å². The molecule has 1 aromatic heterocycles. The summed E-state index contributed by atoms with van der Waals surface area (Å²) >= 11 is 0. The zero-order valence-corrected chi connectivity index (χ0v) is 17.3. The molecule has 3 rings (SSSR count). The topological polar surface area (TPSA) is 83.8 Å². The maximum absolute atomic E-state index is 12.8. The fourth-order valence-electron chi connectivity index (χ4n) is 2.42. The van der Waals surface area contributed by atoms with E-state index in [1.165, 1.54) is 37.6 Å². The number of aromatic nitrogens is 1. The molecule has 1 aliphatic heterocycles. The van der Waals surface area contributed by atoms with Crippen molar-refractivity contribution in [3.63, 3.8) is 0 Å². The van der Waals surface area contributed by atoms with Gasteiger partial charge in [-0.25, -0.2) is 0 Å². The molecule has 0 bridgehead atoms. The van der Waals surface area contributed by atoms with E-state index in [0.29, 0.717) is 11.4 Å². The minimum atomic E-state index is -2.96. The predicted octanol–water partition coefficient (Wildman–Crippen LogP) is 0.367. The molecule has 1 aliphatic rings. The van der Waals surface area contributed by atoms with Gasteiger partial charge >= 0.3 is 36.2 Å². The van der Waals surface area contributed by atoms with Crippen LogP contribution in [0.4, 0.5) is 20.2 Å². The number of alkyl halides is 2. The number of nitrogens with zero attached hydrogens (tertiary/aromatic N) is 2. The van der Waals surface area contributed by atoms with Gasteiger partial charge in [0.05, 0.1) is 29.7 Å². The number of anilines is 1. The third-order valence-electron chi connectivity index (χ3n) is 3.51. The van der Waals surface area contributed by atoms with Crippen molar-refractivity contribution in [3.05, 3.63) is 41.5 Å². The van der Waals surface area contributed by atoms with Gasteiger partial charge in [-0.3, -0.25) is 9.19 Å². The fourth-order valence-corrected chi connectivity index (χ4v) is 3.54. The zero-order valence-electron chi connectivity index (χ0n) is 17.4. The number of ether oxygens (including phenoxy) is 3. The average molecular weight is 410 g/mol. The van der Waals surface area contributed by atoms with Crippen molar-refractivity contribution in [3.8, 4) is 17.2 Å². The van der Waals surface area contributed by atoms with Crippen LogP contribution in [-0.2, 0) is 16.6 Å². The number of nitrogens with one attached hydrogen (secondary N) is 1. The molecule has 0 spiro atoms. The Bertz CT molecular complexity index is 924. The van der Waals surface area contributed by atoms with Gasteiger partial charge in [-0.15, -0.1) is 5.69 Å². The molecule has 1 N–H and O–H groups in total. The molecule has 1 aromatic carbocycles. The third kappa shape index (κ3) is 5.01. The van der Waals surface area contributed by atoms with Crippen LogP contribution in [0.5, 0.6) is 17.2 Å². The number of pyridine rings is 1. The van der Waals surface area contributed by atoms with E-state index >= 15 is 0 Å². The molecule has 2 aromatic rings. The second-order valence-corrected chi connectivity index (χ2v) is 6.60. The molecule has 0 saturated heterocycles. The summed E-state index contributed by atoms with van der Waals surface area (Å²) in [6, 6.07) is 5.49. The van der Waals surface area contributed by atoms with E-state index in [4.69, 9.17) is 13.6 Å². The van der Waals surface area contributed by atoms with E-state index < -0.39 is 29.9 Å². The van der Waals surface area contributed by atoms with Gasteiger partial charge < -0.3 is 24.8 Å². The van der Waals surface area contributed by atoms with E-state index in [1.807, 2.05) is 0 Å². The van der Waals surface area contributed by atoms with Crippen molar-refractivity contribution in [2.75, 3.05) is 19.5 Å². The van der Waals surface area contributed by atoms with E-state index in [0.717, 1.165) is 0 Å². The van der Waals surface area contributed by atoms with Crippen molar-refractivity contribution >= 4 is 22.2 Å². The molecular weight excluding hydrogens is 391 g/mol. The first-order chi connectivity index (χ1) is 13.7. The van der Waals surface area contributed by atoms with Crippen LogP contribution >= 0.6 is 0 Å². The van der Waals surface area contributed by atoms with Gasteiger partial charge in [0.2, 0.25) is 0 Å². The standard InChI is InChI=1S/C16H16F2N3O4S.Na/c1-23-13-5-6-19-12(14(13)24-2)8-26(22)16-20-10-4-3-9(25-15(17)18)7-11(10)21-16;/h3-7,15-16,20H,8H2,1-2H3;/q-1;+1/t16-,26?;/m1./s1/i1D3;. The van der Waals surface area contributed by atoms with Crippen LogP contribution in [0.15, 0.2) is 30.5 Å². The summed E-state index contributed by atoms with van der Waals surface area (Å²) < 4.78 is 73.5. The molecular formula is C16H16F2N3NaO4S. The van der Waals surface area contributed by atoms with Crippen LogP contribution in [0.25, 0.3) is 5.32 Å². The van der Waals surface area contributed by atoms with Gasteiger partial charge in [0.1, 0.15) is 5.75 Å². The minimum absolute atomic E-state index is 0. The molecule has 11 heteroatoms. The molecule has 0 saturated carbocycles. The summed E-state index contributed by atoms with van der Waals surface area (Å²) in [5.41, 5.74) is 0.220. The van der Waals surface area contributed by atoms with Gasteiger partial charge in [-0.1, -0.05) is 0 Å². The Balaban J connectivity index is 0.00000320. The normalized spacial score (nSPS) is 17.9. The Morgan fingerprint density at radius 2 is 2.22 bits per heavy atom. The number of benzene rings is 1. The van der Waals surface area contributed by atoms with Crippen LogP contribution in [0.1, 0.15) is 9.81 Å². The average Bonchev–Trinajstić information content (AvgIpc) is 3.03. The molecule has 140 valence electrons. The van der Waals surface area contributed by atoms with E-state index in [2.05, 4.69) is 20.4 Å². The molecule has 0 aliphatic carbocycles. The number of rotatable bonds is 7. The van der Waals surface area contributed by atoms with Crippen molar-refractivity contribution in [1.29, 1.82) is 0 Å². The quantitative estimate of drug-likeness (QED) is 0.664. The predicted molar refractivity (Wildman–Crippen MR) is 92.7 cm³/mol. The summed E-state index contributed by atoms with van der Waals surface area (Å²) in [6.07, 6.45) is 1.32.